The average Bonchev–Trinajstić information content (AvgIpc) is 2.97. The second-order valence-corrected chi connectivity index (χ2v) is 10.4. The van der Waals surface area contributed by atoms with Gasteiger partial charge < -0.3 is 40.2 Å². The van der Waals surface area contributed by atoms with Crippen molar-refractivity contribution in [1.29, 1.82) is 0 Å². The molecule has 4 amide bonds. The molecular formula is C29H48N4O8. The van der Waals surface area contributed by atoms with E-state index in [2.05, 4.69) is 34.4 Å². The van der Waals surface area contributed by atoms with Crippen LogP contribution in [0.25, 0.3) is 0 Å². The van der Waals surface area contributed by atoms with Gasteiger partial charge in [-0.05, 0) is 69.6 Å². The summed E-state index contributed by atoms with van der Waals surface area (Å²) < 4.78 is 20.3. The Hall–Kier alpha value is -3.12. The number of carbonyl (C=O) groups is 4. The van der Waals surface area contributed by atoms with E-state index in [1.807, 2.05) is 0 Å². The molecule has 2 fully saturated rings. The predicted octanol–water partition coefficient (Wildman–Crippen LogP) is 2.58. The van der Waals surface area contributed by atoms with Crippen LogP contribution < -0.4 is 21.3 Å². The molecule has 0 heterocycles. The normalized spacial score (nSPS) is 22.0. The monoisotopic (exact) mass is 580 g/mol. The van der Waals surface area contributed by atoms with Gasteiger partial charge in [0.2, 0.25) is 0 Å². The molecule has 41 heavy (non-hydrogen) atoms. The first-order chi connectivity index (χ1) is 19.9. The second-order valence-electron chi connectivity index (χ2n) is 10.4. The maximum absolute atomic E-state index is 12.2. The van der Waals surface area contributed by atoms with Gasteiger partial charge in [0.1, 0.15) is 13.2 Å². The minimum Gasteiger partial charge on any atom is -0.460 e. The SMILES string of the molecule is C=CC(=O)OCCOCCNC(=O)NC1CCC(CC2CCC(NC(=O)NCCOCCOC(=O)C=C)CC2)CC1. The van der Waals surface area contributed by atoms with Crippen molar-refractivity contribution in [2.24, 2.45) is 11.8 Å². The van der Waals surface area contributed by atoms with Crippen LogP contribution in [0.1, 0.15) is 57.8 Å². The van der Waals surface area contributed by atoms with Crippen LogP contribution in [0, 0.1) is 11.8 Å². The van der Waals surface area contributed by atoms with Crippen LogP contribution in [0.5, 0.6) is 0 Å². The lowest BCUT2D eigenvalue weighted by Gasteiger charge is -2.34. The van der Waals surface area contributed by atoms with Crippen LogP contribution in [0.3, 0.4) is 0 Å². The maximum atomic E-state index is 12.2. The zero-order valence-corrected chi connectivity index (χ0v) is 24.2. The molecule has 232 valence electrons. The summed E-state index contributed by atoms with van der Waals surface area (Å²) in [4.78, 5) is 46.2. The van der Waals surface area contributed by atoms with Gasteiger partial charge in [0.05, 0.1) is 26.4 Å². The van der Waals surface area contributed by atoms with E-state index in [0.29, 0.717) is 38.1 Å². The first kappa shape index (κ1) is 34.1. The van der Waals surface area contributed by atoms with Gasteiger partial charge in [-0.1, -0.05) is 13.2 Å². The maximum Gasteiger partial charge on any atom is 0.330 e. The lowest BCUT2D eigenvalue weighted by Crippen LogP contribution is -2.45. The third kappa shape index (κ3) is 16.0. The van der Waals surface area contributed by atoms with Gasteiger partial charge in [-0.15, -0.1) is 0 Å². The molecule has 2 saturated carbocycles. The predicted molar refractivity (Wildman–Crippen MR) is 153 cm³/mol. The third-order valence-corrected chi connectivity index (χ3v) is 7.37. The molecule has 0 aromatic carbocycles. The van der Waals surface area contributed by atoms with E-state index >= 15 is 0 Å². The molecule has 0 spiro atoms. The second kappa shape index (κ2) is 20.7. The summed E-state index contributed by atoms with van der Waals surface area (Å²) in [6.45, 7) is 8.98. The van der Waals surface area contributed by atoms with E-state index in [1.54, 1.807) is 0 Å². The van der Waals surface area contributed by atoms with Crippen LogP contribution in [0.2, 0.25) is 0 Å². The summed E-state index contributed by atoms with van der Waals surface area (Å²) in [6.07, 6.45) is 11.9. The number of ether oxygens (including phenoxy) is 4. The summed E-state index contributed by atoms with van der Waals surface area (Å²) >= 11 is 0. The molecule has 0 bridgehead atoms. The molecule has 2 aliphatic carbocycles. The van der Waals surface area contributed by atoms with Crippen LogP contribution in [-0.2, 0) is 28.5 Å². The Labute approximate surface area is 243 Å². The molecule has 0 aromatic rings. The first-order valence-corrected chi connectivity index (χ1v) is 14.7. The van der Waals surface area contributed by atoms with Gasteiger partial charge >= 0.3 is 24.0 Å². The number of hydrogen-bond acceptors (Lipinski definition) is 8. The smallest absolute Gasteiger partial charge is 0.330 e. The fourth-order valence-corrected chi connectivity index (χ4v) is 5.23. The van der Waals surface area contributed by atoms with Gasteiger partial charge in [0.15, 0.2) is 0 Å². The van der Waals surface area contributed by atoms with E-state index in [1.165, 1.54) is 6.42 Å². The molecule has 2 aliphatic rings. The number of carbonyl (C=O) groups excluding carboxylic acids is 4. The Bertz CT molecular complexity index is 758. The highest BCUT2D eigenvalue weighted by atomic mass is 16.6. The zero-order chi connectivity index (χ0) is 29.7. The van der Waals surface area contributed by atoms with Crippen molar-refractivity contribution in [1.82, 2.24) is 21.3 Å². The topological polar surface area (TPSA) is 153 Å². The van der Waals surface area contributed by atoms with E-state index in [9.17, 15) is 19.2 Å². The average molecular weight is 581 g/mol. The van der Waals surface area contributed by atoms with Gasteiger partial charge in [-0.25, -0.2) is 19.2 Å². The molecule has 0 aromatic heterocycles. The highest BCUT2D eigenvalue weighted by molar-refractivity contribution is 5.81. The Kier molecular flexibility index (Phi) is 17.2. The van der Waals surface area contributed by atoms with E-state index < -0.39 is 11.9 Å². The molecule has 4 N–H and O–H groups in total. The summed E-state index contributed by atoms with van der Waals surface area (Å²) in [7, 11) is 0. The number of rotatable bonds is 18. The lowest BCUT2D eigenvalue weighted by atomic mass is 9.75. The van der Waals surface area contributed by atoms with E-state index in [-0.39, 0.29) is 50.6 Å². The Morgan fingerprint density at radius 3 is 1.34 bits per heavy atom. The van der Waals surface area contributed by atoms with Crippen LogP contribution in [-0.4, -0.2) is 88.8 Å². The first-order valence-electron chi connectivity index (χ1n) is 14.7. The van der Waals surface area contributed by atoms with E-state index in [0.717, 1.165) is 63.5 Å². The molecule has 0 radical (unpaired) electrons. The van der Waals surface area contributed by atoms with Crippen molar-refractivity contribution in [2.75, 3.05) is 52.7 Å². The number of amides is 4. The molecule has 12 nitrogen and oxygen atoms in total. The third-order valence-electron chi connectivity index (χ3n) is 7.37. The quantitative estimate of drug-likeness (QED) is 0.110. The minimum absolute atomic E-state index is 0.160. The fraction of sp³-hybridized carbons (Fsp3) is 0.724. The lowest BCUT2D eigenvalue weighted by molar-refractivity contribution is -0.140. The Morgan fingerprint density at radius 1 is 0.585 bits per heavy atom. The fourth-order valence-electron chi connectivity index (χ4n) is 5.23. The van der Waals surface area contributed by atoms with Crippen LogP contribution in [0.4, 0.5) is 9.59 Å². The van der Waals surface area contributed by atoms with Crippen LogP contribution in [0.15, 0.2) is 25.3 Å². The number of hydrogen-bond donors (Lipinski definition) is 4. The molecule has 12 heteroatoms. The van der Waals surface area contributed by atoms with Gasteiger partial charge in [0.25, 0.3) is 0 Å². The van der Waals surface area contributed by atoms with Crippen molar-refractivity contribution < 1.29 is 38.1 Å². The summed E-state index contributed by atoms with van der Waals surface area (Å²) in [5.41, 5.74) is 0. The molecule has 2 rings (SSSR count). The number of urea groups is 2. The van der Waals surface area contributed by atoms with Gasteiger partial charge in [-0.3, -0.25) is 0 Å². The Balaban J connectivity index is 1.45. The van der Waals surface area contributed by atoms with Crippen molar-refractivity contribution >= 4 is 24.0 Å². The summed E-state index contributed by atoms with van der Waals surface area (Å²) in [5, 5.41) is 11.7. The highest BCUT2D eigenvalue weighted by Crippen LogP contribution is 2.35. The molecule has 0 aliphatic heterocycles. The highest BCUT2D eigenvalue weighted by Gasteiger charge is 2.28. The van der Waals surface area contributed by atoms with Gasteiger partial charge in [-0.2, -0.15) is 0 Å². The van der Waals surface area contributed by atoms with Crippen molar-refractivity contribution in [3.05, 3.63) is 25.3 Å². The van der Waals surface area contributed by atoms with Crippen molar-refractivity contribution in [2.45, 2.75) is 69.9 Å². The minimum atomic E-state index is -0.480. The summed E-state index contributed by atoms with van der Waals surface area (Å²) in [5.74, 6) is 0.424. The zero-order valence-electron chi connectivity index (χ0n) is 24.2. The number of nitrogens with one attached hydrogen (secondary N) is 4. The van der Waals surface area contributed by atoms with Crippen molar-refractivity contribution in [3.63, 3.8) is 0 Å². The molecular weight excluding hydrogens is 532 g/mol. The Morgan fingerprint density at radius 2 is 0.976 bits per heavy atom. The molecule has 0 unspecified atom stereocenters. The van der Waals surface area contributed by atoms with Crippen LogP contribution >= 0.6 is 0 Å². The van der Waals surface area contributed by atoms with Crippen molar-refractivity contribution in [3.8, 4) is 0 Å². The van der Waals surface area contributed by atoms with E-state index in [4.69, 9.17) is 18.9 Å². The molecule has 0 saturated heterocycles. The van der Waals surface area contributed by atoms with Gasteiger partial charge in [0, 0.05) is 37.3 Å². The largest absolute Gasteiger partial charge is 0.460 e. The molecule has 0 atom stereocenters. The number of esters is 2. The standard InChI is InChI=1S/C29H48N4O8/c1-3-26(34)40-19-17-38-15-13-30-28(36)32-24-9-5-22(6-10-24)21-23-7-11-25(12-8-23)33-29(37)31-14-16-39-18-20-41-27(35)4-2/h3-4,22-25H,1-2,5-21H2,(H2,30,32,36)(H2,31,33,37). The summed E-state index contributed by atoms with van der Waals surface area (Å²) in [6, 6.07) is 0.0429.